The number of anilines is 1. The standard InChI is InChI=1S/C16H9ClF2N2O3/c17-9-4-6-10(7-5-9)20-8-13(22)21(16(20)24)15(23)14-11(18)2-1-3-12(14)19/h1-7H,8H2. The summed E-state index contributed by atoms with van der Waals surface area (Å²) in [7, 11) is 0. The van der Waals surface area contributed by atoms with Crippen LogP contribution in [0.4, 0.5) is 19.3 Å². The van der Waals surface area contributed by atoms with Gasteiger partial charge >= 0.3 is 6.03 Å². The van der Waals surface area contributed by atoms with E-state index in [1.54, 1.807) is 0 Å². The first-order valence-electron chi connectivity index (χ1n) is 6.78. The van der Waals surface area contributed by atoms with Crippen molar-refractivity contribution in [3.63, 3.8) is 0 Å². The predicted octanol–water partition coefficient (Wildman–Crippen LogP) is 3.23. The molecule has 3 rings (SSSR count). The first-order valence-corrected chi connectivity index (χ1v) is 7.16. The first-order chi connectivity index (χ1) is 11.4. The monoisotopic (exact) mass is 350 g/mol. The molecule has 1 fully saturated rings. The number of benzene rings is 2. The number of urea groups is 1. The van der Waals surface area contributed by atoms with E-state index in [1.807, 2.05) is 0 Å². The van der Waals surface area contributed by atoms with Gasteiger partial charge in [-0.3, -0.25) is 14.5 Å². The molecule has 1 heterocycles. The lowest BCUT2D eigenvalue weighted by Crippen LogP contribution is -2.39. The zero-order valence-electron chi connectivity index (χ0n) is 12.0. The molecule has 0 aromatic heterocycles. The number of imide groups is 3. The van der Waals surface area contributed by atoms with Crippen LogP contribution in [-0.2, 0) is 4.79 Å². The number of carbonyl (C=O) groups is 3. The number of amides is 4. The van der Waals surface area contributed by atoms with Crippen molar-refractivity contribution in [2.75, 3.05) is 11.4 Å². The Balaban J connectivity index is 1.95. The minimum Gasteiger partial charge on any atom is -0.284 e. The fourth-order valence-electron chi connectivity index (χ4n) is 2.34. The van der Waals surface area contributed by atoms with Gasteiger partial charge in [-0.2, -0.15) is 4.90 Å². The van der Waals surface area contributed by atoms with E-state index in [4.69, 9.17) is 11.6 Å². The number of carbonyl (C=O) groups excluding carboxylic acids is 3. The van der Waals surface area contributed by atoms with E-state index in [0.717, 1.165) is 23.1 Å². The van der Waals surface area contributed by atoms with Gasteiger partial charge in [0.1, 0.15) is 23.7 Å². The summed E-state index contributed by atoms with van der Waals surface area (Å²) in [5.74, 6) is -4.50. The quantitative estimate of drug-likeness (QED) is 0.617. The van der Waals surface area contributed by atoms with Crippen LogP contribution in [0, 0.1) is 11.6 Å². The van der Waals surface area contributed by atoms with Crippen molar-refractivity contribution in [2.45, 2.75) is 0 Å². The molecule has 0 aliphatic carbocycles. The summed E-state index contributed by atoms with van der Waals surface area (Å²) in [6, 6.07) is 7.85. The topological polar surface area (TPSA) is 57.7 Å². The Hall–Kier alpha value is -2.80. The molecule has 5 nitrogen and oxygen atoms in total. The average molecular weight is 351 g/mol. The van der Waals surface area contributed by atoms with Crippen LogP contribution >= 0.6 is 11.6 Å². The highest BCUT2D eigenvalue weighted by Crippen LogP contribution is 2.25. The Bertz CT molecular complexity index is 835. The van der Waals surface area contributed by atoms with Crippen molar-refractivity contribution in [1.29, 1.82) is 0 Å². The smallest absolute Gasteiger partial charge is 0.284 e. The summed E-state index contributed by atoms with van der Waals surface area (Å²) in [5.41, 5.74) is -0.612. The van der Waals surface area contributed by atoms with E-state index in [9.17, 15) is 23.2 Å². The minimum atomic E-state index is -1.34. The summed E-state index contributed by atoms with van der Waals surface area (Å²) in [6.45, 7) is -0.414. The fourth-order valence-corrected chi connectivity index (χ4v) is 2.46. The van der Waals surface area contributed by atoms with E-state index in [-0.39, 0.29) is 4.90 Å². The molecule has 8 heteroatoms. The van der Waals surface area contributed by atoms with Crippen molar-refractivity contribution in [3.05, 3.63) is 64.7 Å². The molecular formula is C16H9ClF2N2O3. The average Bonchev–Trinajstić information content (AvgIpc) is 2.82. The van der Waals surface area contributed by atoms with Crippen LogP contribution in [-0.4, -0.2) is 29.3 Å². The first kappa shape index (κ1) is 16.1. The molecule has 122 valence electrons. The highest BCUT2D eigenvalue weighted by Gasteiger charge is 2.43. The Morgan fingerprint density at radius 3 is 2.17 bits per heavy atom. The van der Waals surface area contributed by atoms with Gasteiger partial charge in [-0.1, -0.05) is 17.7 Å². The molecule has 0 bridgehead atoms. The van der Waals surface area contributed by atoms with Crippen molar-refractivity contribution in [2.24, 2.45) is 0 Å². The van der Waals surface area contributed by atoms with Gasteiger partial charge in [-0.25, -0.2) is 13.6 Å². The molecule has 4 amide bonds. The maximum atomic E-state index is 13.7. The lowest BCUT2D eigenvalue weighted by Gasteiger charge is -2.16. The third-order valence-electron chi connectivity index (χ3n) is 3.48. The number of hydrogen-bond donors (Lipinski definition) is 0. The molecule has 2 aromatic rings. The van der Waals surface area contributed by atoms with E-state index in [0.29, 0.717) is 10.7 Å². The molecule has 1 aliphatic rings. The fraction of sp³-hybridized carbons (Fsp3) is 0.0625. The van der Waals surface area contributed by atoms with Gasteiger partial charge in [0.15, 0.2) is 0 Å². The van der Waals surface area contributed by atoms with Gasteiger partial charge in [0.05, 0.1) is 0 Å². The van der Waals surface area contributed by atoms with E-state index in [1.165, 1.54) is 24.3 Å². The molecule has 0 spiro atoms. The Kier molecular flexibility index (Phi) is 4.02. The van der Waals surface area contributed by atoms with Crippen molar-refractivity contribution >= 4 is 35.1 Å². The molecular weight excluding hydrogens is 342 g/mol. The third kappa shape index (κ3) is 2.63. The molecule has 0 radical (unpaired) electrons. The lowest BCUT2D eigenvalue weighted by atomic mass is 10.1. The predicted molar refractivity (Wildman–Crippen MR) is 81.7 cm³/mol. The Labute approximate surface area is 140 Å². The van der Waals surface area contributed by atoms with Gasteiger partial charge in [0.2, 0.25) is 0 Å². The summed E-state index contributed by atoms with van der Waals surface area (Å²) in [4.78, 5) is 38.0. The van der Waals surface area contributed by atoms with Gasteiger partial charge < -0.3 is 0 Å². The summed E-state index contributed by atoms with van der Waals surface area (Å²) in [6.07, 6.45) is 0. The van der Waals surface area contributed by atoms with Crippen LogP contribution < -0.4 is 4.90 Å². The molecule has 2 aromatic carbocycles. The Morgan fingerprint density at radius 1 is 1.00 bits per heavy atom. The molecule has 1 aliphatic heterocycles. The second-order valence-electron chi connectivity index (χ2n) is 4.98. The summed E-state index contributed by atoms with van der Waals surface area (Å²) in [5, 5.41) is 0.429. The number of rotatable bonds is 2. The van der Waals surface area contributed by atoms with Crippen LogP contribution in [0.3, 0.4) is 0 Å². The zero-order valence-corrected chi connectivity index (χ0v) is 12.8. The second kappa shape index (κ2) is 6.01. The van der Waals surface area contributed by atoms with Crippen LogP contribution in [0.5, 0.6) is 0 Å². The largest absolute Gasteiger partial charge is 0.338 e. The molecule has 24 heavy (non-hydrogen) atoms. The normalized spacial score (nSPS) is 14.5. The van der Waals surface area contributed by atoms with Gasteiger partial charge in [-0.05, 0) is 36.4 Å². The lowest BCUT2D eigenvalue weighted by molar-refractivity contribution is -0.123. The molecule has 0 atom stereocenters. The maximum absolute atomic E-state index is 13.7. The highest BCUT2D eigenvalue weighted by molar-refractivity contribution is 6.30. The van der Waals surface area contributed by atoms with Crippen molar-refractivity contribution in [1.82, 2.24) is 4.90 Å². The summed E-state index contributed by atoms with van der Waals surface area (Å²) >= 11 is 5.76. The van der Waals surface area contributed by atoms with Crippen LogP contribution in [0.15, 0.2) is 42.5 Å². The zero-order chi connectivity index (χ0) is 17.4. The van der Waals surface area contributed by atoms with Gasteiger partial charge in [0, 0.05) is 10.7 Å². The maximum Gasteiger partial charge on any atom is 0.338 e. The minimum absolute atomic E-state index is 0.232. The van der Waals surface area contributed by atoms with Crippen LogP contribution in [0.2, 0.25) is 5.02 Å². The number of halogens is 3. The Morgan fingerprint density at radius 2 is 1.58 bits per heavy atom. The van der Waals surface area contributed by atoms with E-state index in [2.05, 4.69) is 0 Å². The van der Waals surface area contributed by atoms with Crippen molar-refractivity contribution < 1.29 is 23.2 Å². The molecule has 1 saturated heterocycles. The number of hydrogen-bond acceptors (Lipinski definition) is 3. The highest BCUT2D eigenvalue weighted by atomic mass is 35.5. The third-order valence-corrected chi connectivity index (χ3v) is 3.73. The van der Waals surface area contributed by atoms with Gasteiger partial charge in [0.25, 0.3) is 11.8 Å². The second-order valence-corrected chi connectivity index (χ2v) is 5.41. The van der Waals surface area contributed by atoms with E-state index < -0.39 is 41.6 Å². The molecule has 0 N–H and O–H groups in total. The number of nitrogens with zero attached hydrogens (tertiary/aromatic N) is 2. The van der Waals surface area contributed by atoms with Gasteiger partial charge in [-0.15, -0.1) is 0 Å². The SMILES string of the molecule is O=C1CN(c2ccc(Cl)cc2)C(=O)N1C(=O)c1c(F)cccc1F. The van der Waals surface area contributed by atoms with Crippen LogP contribution in [0.1, 0.15) is 10.4 Å². The van der Waals surface area contributed by atoms with Crippen molar-refractivity contribution in [3.8, 4) is 0 Å². The molecule has 0 unspecified atom stereocenters. The molecule has 0 saturated carbocycles. The summed E-state index contributed by atoms with van der Waals surface area (Å²) < 4.78 is 27.5. The van der Waals surface area contributed by atoms with E-state index >= 15 is 0 Å². The van der Waals surface area contributed by atoms with Crippen LogP contribution in [0.25, 0.3) is 0 Å².